The second-order valence-corrected chi connectivity index (χ2v) is 5.70. The molecule has 0 bridgehead atoms. The molecule has 1 rings (SSSR count). The highest BCUT2D eigenvalue weighted by Crippen LogP contribution is 2.19. The Balaban J connectivity index is 2.87. The molecule has 2 atom stereocenters. The van der Waals surface area contributed by atoms with Crippen LogP contribution in [0.4, 0.5) is 0 Å². The lowest BCUT2D eigenvalue weighted by molar-refractivity contribution is 0.0608. The van der Waals surface area contributed by atoms with Gasteiger partial charge in [-0.1, -0.05) is 38.5 Å². The first-order valence-electron chi connectivity index (χ1n) is 7.95. The smallest absolute Gasteiger partial charge is 0.0727 e. The van der Waals surface area contributed by atoms with Crippen LogP contribution < -0.4 is 5.32 Å². The lowest BCUT2D eigenvalue weighted by atomic mass is 9.92. The maximum atomic E-state index is 5.74. The standard InChI is InChI=1S/C18H31NO/c1-6-9-18(20-5)17(19-12-7-2)13-16-14(3)10-8-11-15(16)4/h8,10-11,17-19H,6-7,9,12-13H2,1-5H3. The highest BCUT2D eigenvalue weighted by Gasteiger charge is 2.21. The monoisotopic (exact) mass is 277 g/mol. The molecule has 20 heavy (non-hydrogen) atoms. The highest BCUT2D eigenvalue weighted by atomic mass is 16.5. The maximum Gasteiger partial charge on any atom is 0.0727 e. The molecule has 0 amide bonds. The molecule has 0 spiro atoms. The summed E-state index contributed by atoms with van der Waals surface area (Å²) in [5.74, 6) is 0. The minimum atomic E-state index is 0.297. The Kier molecular flexibility index (Phi) is 7.86. The van der Waals surface area contributed by atoms with E-state index in [0.29, 0.717) is 12.1 Å². The second-order valence-electron chi connectivity index (χ2n) is 5.70. The molecule has 1 aromatic rings. The average Bonchev–Trinajstić information content (AvgIpc) is 2.44. The number of ether oxygens (including phenoxy) is 1. The minimum Gasteiger partial charge on any atom is -0.380 e. The Morgan fingerprint density at radius 2 is 1.75 bits per heavy atom. The van der Waals surface area contributed by atoms with E-state index in [1.807, 2.05) is 7.11 Å². The van der Waals surface area contributed by atoms with Gasteiger partial charge in [0, 0.05) is 13.2 Å². The van der Waals surface area contributed by atoms with Gasteiger partial charge in [0.15, 0.2) is 0 Å². The van der Waals surface area contributed by atoms with Gasteiger partial charge in [-0.3, -0.25) is 0 Å². The molecule has 1 N–H and O–H groups in total. The Morgan fingerprint density at radius 1 is 1.10 bits per heavy atom. The van der Waals surface area contributed by atoms with Crippen molar-refractivity contribution in [3.63, 3.8) is 0 Å². The third-order valence-corrected chi connectivity index (χ3v) is 4.05. The summed E-state index contributed by atoms with van der Waals surface area (Å²) >= 11 is 0. The zero-order chi connectivity index (χ0) is 15.0. The van der Waals surface area contributed by atoms with Crippen LogP contribution >= 0.6 is 0 Å². The molecule has 2 heteroatoms. The molecule has 1 aromatic carbocycles. The van der Waals surface area contributed by atoms with Gasteiger partial charge in [-0.2, -0.15) is 0 Å². The van der Waals surface area contributed by atoms with Crippen LogP contribution in [0.2, 0.25) is 0 Å². The number of hydrogen-bond donors (Lipinski definition) is 1. The predicted molar refractivity (Wildman–Crippen MR) is 87.4 cm³/mol. The number of hydrogen-bond acceptors (Lipinski definition) is 2. The van der Waals surface area contributed by atoms with Crippen LogP contribution in [0.1, 0.15) is 49.8 Å². The molecular formula is C18H31NO. The van der Waals surface area contributed by atoms with Gasteiger partial charge in [-0.15, -0.1) is 0 Å². The van der Waals surface area contributed by atoms with Crippen molar-refractivity contribution < 1.29 is 4.74 Å². The lowest BCUT2D eigenvalue weighted by Gasteiger charge is -2.28. The molecule has 0 heterocycles. The highest BCUT2D eigenvalue weighted by molar-refractivity contribution is 5.34. The van der Waals surface area contributed by atoms with E-state index in [1.54, 1.807) is 0 Å². The lowest BCUT2D eigenvalue weighted by Crippen LogP contribution is -2.43. The normalized spacial score (nSPS) is 14.2. The molecular weight excluding hydrogens is 246 g/mol. The van der Waals surface area contributed by atoms with E-state index >= 15 is 0 Å². The summed E-state index contributed by atoms with van der Waals surface area (Å²) in [7, 11) is 1.84. The molecule has 2 nitrogen and oxygen atoms in total. The summed E-state index contributed by atoms with van der Waals surface area (Å²) < 4.78 is 5.74. The Labute approximate surface area is 124 Å². The van der Waals surface area contributed by atoms with Gasteiger partial charge in [-0.05, 0) is 56.3 Å². The van der Waals surface area contributed by atoms with Crippen molar-refractivity contribution in [2.75, 3.05) is 13.7 Å². The van der Waals surface area contributed by atoms with Gasteiger partial charge >= 0.3 is 0 Å². The number of nitrogens with one attached hydrogen (secondary N) is 1. The van der Waals surface area contributed by atoms with Crippen molar-refractivity contribution in [2.24, 2.45) is 0 Å². The van der Waals surface area contributed by atoms with Crippen LogP contribution in [0.15, 0.2) is 18.2 Å². The molecule has 0 aliphatic heterocycles. The van der Waals surface area contributed by atoms with Crippen molar-refractivity contribution in [1.29, 1.82) is 0 Å². The fraction of sp³-hybridized carbons (Fsp3) is 0.667. The van der Waals surface area contributed by atoms with E-state index in [2.05, 4.69) is 51.2 Å². The minimum absolute atomic E-state index is 0.297. The van der Waals surface area contributed by atoms with Crippen LogP contribution in [0.5, 0.6) is 0 Å². The van der Waals surface area contributed by atoms with Crippen LogP contribution in [0.3, 0.4) is 0 Å². The van der Waals surface area contributed by atoms with E-state index in [4.69, 9.17) is 4.74 Å². The largest absolute Gasteiger partial charge is 0.380 e. The SMILES string of the molecule is CCCNC(Cc1c(C)cccc1C)C(CCC)OC. The van der Waals surface area contributed by atoms with Gasteiger partial charge in [0.25, 0.3) is 0 Å². The second kappa shape index (κ2) is 9.15. The van der Waals surface area contributed by atoms with Crippen molar-refractivity contribution in [2.45, 2.75) is 65.5 Å². The quantitative estimate of drug-likeness (QED) is 0.736. The molecule has 0 saturated heterocycles. The number of rotatable bonds is 9. The third kappa shape index (κ3) is 4.92. The summed E-state index contributed by atoms with van der Waals surface area (Å²) in [4.78, 5) is 0. The fourth-order valence-corrected chi connectivity index (χ4v) is 2.82. The third-order valence-electron chi connectivity index (χ3n) is 4.05. The van der Waals surface area contributed by atoms with Crippen molar-refractivity contribution in [3.05, 3.63) is 34.9 Å². The fourth-order valence-electron chi connectivity index (χ4n) is 2.82. The number of aryl methyl sites for hydroxylation is 2. The van der Waals surface area contributed by atoms with E-state index in [9.17, 15) is 0 Å². The molecule has 2 unspecified atom stereocenters. The van der Waals surface area contributed by atoms with Crippen molar-refractivity contribution in [1.82, 2.24) is 5.32 Å². The van der Waals surface area contributed by atoms with Gasteiger partial charge in [-0.25, -0.2) is 0 Å². The van der Waals surface area contributed by atoms with Gasteiger partial charge in [0.05, 0.1) is 6.10 Å². The topological polar surface area (TPSA) is 21.3 Å². The average molecular weight is 277 g/mol. The molecule has 0 aliphatic rings. The van der Waals surface area contributed by atoms with Gasteiger partial charge in [0.2, 0.25) is 0 Å². The molecule has 114 valence electrons. The first-order chi connectivity index (χ1) is 9.63. The molecule has 0 aromatic heterocycles. The zero-order valence-electron chi connectivity index (χ0n) is 13.8. The molecule has 0 aliphatic carbocycles. The van der Waals surface area contributed by atoms with E-state index in [0.717, 1.165) is 32.2 Å². The summed E-state index contributed by atoms with van der Waals surface area (Å²) in [6.45, 7) is 9.91. The molecule has 0 saturated carbocycles. The summed E-state index contributed by atoms with van der Waals surface area (Å²) in [6, 6.07) is 6.96. The van der Waals surface area contributed by atoms with Crippen LogP contribution in [0, 0.1) is 13.8 Å². The Bertz CT molecular complexity index is 369. The van der Waals surface area contributed by atoms with E-state index in [1.165, 1.54) is 16.7 Å². The van der Waals surface area contributed by atoms with Gasteiger partial charge < -0.3 is 10.1 Å². The molecule has 0 fully saturated rings. The maximum absolute atomic E-state index is 5.74. The predicted octanol–water partition coefficient (Wildman–Crippen LogP) is 4.03. The summed E-state index contributed by atoms with van der Waals surface area (Å²) in [6.07, 6.45) is 4.78. The Morgan fingerprint density at radius 3 is 2.25 bits per heavy atom. The van der Waals surface area contributed by atoms with Crippen LogP contribution in [-0.2, 0) is 11.2 Å². The van der Waals surface area contributed by atoms with Crippen molar-refractivity contribution in [3.8, 4) is 0 Å². The summed E-state index contributed by atoms with van der Waals surface area (Å²) in [5, 5.41) is 3.68. The molecule has 0 radical (unpaired) electrons. The van der Waals surface area contributed by atoms with Crippen LogP contribution in [-0.4, -0.2) is 25.8 Å². The van der Waals surface area contributed by atoms with Crippen LogP contribution in [0.25, 0.3) is 0 Å². The zero-order valence-corrected chi connectivity index (χ0v) is 13.8. The van der Waals surface area contributed by atoms with E-state index < -0.39 is 0 Å². The Hall–Kier alpha value is -0.860. The summed E-state index contributed by atoms with van der Waals surface area (Å²) in [5.41, 5.74) is 4.25. The first-order valence-corrected chi connectivity index (χ1v) is 7.95. The van der Waals surface area contributed by atoms with Crippen molar-refractivity contribution >= 4 is 0 Å². The number of methoxy groups -OCH3 is 1. The van der Waals surface area contributed by atoms with E-state index in [-0.39, 0.29) is 0 Å². The first kappa shape index (κ1) is 17.2. The van der Waals surface area contributed by atoms with Gasteiger partial charge in [0.1, 0.15) is 0 Å². The number of benzene rings is 1.